The van der Waals surface area contributed by atoms with Crippen LogP contribution < -0.4 is 10.6 Å². The Morgan fingerprint density at radius 1 is 1.16 bits per heavy atom. The van der Waals surface area contributed by atoms with Crippen LogP contribution in [0, 0.1) is 18.6 Å². The molecule has 0 atom stereocenters. The van der Waals surface area contributed by atoms with Crippen molar-refractivity contribution in [3.8, 4) is 0 Å². The van der Waals surface area contributed by atoms with Gasteiger partial charge in [0.25, 0.3) is 0 Å². The molecule has 0 fully saturated rings. The van der Waals surface area contributed by atoms with Crippen molar-refractivity contribution in [1.29, 1.82) is 0 Å². The molecule has 3 rings (SSSR count). The number of oxazole rings is 1. The second-order valence-corrected chi connectivity index (χ2v) is 6.59. The normalized spacial score (nSPS) is 9.94. The maximum atomic E-state index is 13.4. The van der Waals surface area contributed by atoms with Gasteiger partial charge in [0.05, 0.1) is 28.7 Å². The Morgan fingerprint density at radius 2 is 1.84 bits per heavy atom. The van der Waals surface area contributed by atoms with Gasteiger partial charge in [0.2, 0.25) is 0 Å². The molecule has 3 aromatic rings. The molecular formula is C22H22ClF2N5O. The maximum absolute atomic E-state index is 13.4. The number of aryl methyl sites for hydroxylation is 1. The molecule has 31 heavy (non-hydrogen) atoms. The number of H-pyrrole nitrogens is 1. The van der Waals surface area contributed by atoms with Crippen LogP contribution in [0.3, 0.4) is 0 Å². The van der Waals surface area contributed by atoms with E-state index >= 15 is 0 Å². The monoisotopic (exact) mass is 445 g/mol. The van der Waals surface area contributed by atoms with Crippen LogP contribution in [0.4, 0.5) is 14.6 Å². The molecule has 6 nitrogen and oxygen atoms in total. The predicted molar refractivity (Wildman–Crippen MR) is 120 cm³/mol. The van der Waals surface area contributed by atoms with E-state index in [1.807, 2.05) is 6.92 Å². The lowest BCUT2D eigenvalue weighted by atomic mass is 10.1. The minimum atomic E-state index is -1.03. The molecule has 0 aliphatic rings. The zero-order chi connectivity index (χ0) is 23.0. The Kier molecular flexibility index (Phi) is 8.33. The molecule has 1 aromatic carbocycles. The van der Waals surface area contributed by atoms with E-state index in [1.54, 1.807) is 18.2 Å². The summed E-state index contributed by atoms with van der Waals surface area (Å²) in [5.41, 5.74) is 2.51. The van der Waals surface area contributed by atoms with Crippen LogP contribution in [0.2, 0.25) is 5.02 Å². The van der Waals surface area contributed by atoms with Gasteiger partial charge in [-0.25, -0.2) is 13.8 Å². The van der Waals surface area contributed by atoms with Crippen molar-refractivity contribution in [3.05, 3.63) is 102 Å². The minimum Gasteiger partial charge on any atom is -0.446 e. The molecule has 0 aliphatic heterocycles. The topological polar surface area (TPSA) is 78.8 Å². The summed E-state index contributed by atoms with van der Waals surface area (Å²) < 4.78 is 31.9. The van der Waals surface area contributed by atoms with Crippen molar-refractivity contribution >= 4 is 28.8 Å². The van der Waals surface area contributed by atoms with Gasteiger partial charge < -0.3 is 15.1 Å². The average Bonchev–Trinajstić information content (AvgIpc) is 3.38. The largest absolute Gasteiger partial charge is 0.446 e. The average molecular weight is 446 g/mol. The number of allylic oxidation sites excluding steroid dienone is 2. The number of hydrogen-bond donors (Lipinski definition) is 3. The fraction of sp³-hybridized carbons (Fsp3) is 0.0909. The van der Waals surface area contributed by atoms with Gasteiger partial charge in [-0.3, -0.25) is 5.10 Å². The second-order valence-electron chi connectivity index (χ2n) is 6.18. The lowest BCUT2D eigenvalue weighted by Gasteiger charge is -2.09. The summed E-state index contributed by atoms with van der Waals surface area (Å²) in [6.07, 6.45) is 4.66. The van der Waals surface area contributed by atoms with E-state index in [0.29, 0.717) is 29.5 Å². The third kappa shape index (κ3) is 6.42. The number of halogens is 3. The molecule has 0 bridgehead atoms. The Morgan fingerprint density at radius 3 is 2.45 bits per heavy atom. The molecule has 2 aromatic heterocycles. The van der Waals surface area contributed by atoms with E-state index < -0.39 is 11.6 Å². The number of benzene rings is 1. The van der Waals surface area contributed by atoms with Crippen LogP contribution in [0.25, 0.3) is 11.4 Å². The SMILES string of the molecule is C=C(NCc1ocnc1C)c1cc(NC(=C)c2cc(F)c(F)cc2Cl)n[nH]1.C=CC=C. The molecule has 0 aliphatic carbocycles. The Labute approximate surface area is 184 Å². The molecular weight excluding hydrogens is 424 g/mol. The zero-order valence-electron chi connectivity index (χ0n) is 16.9. The number of hydrogen-bond acceptors (Lipinski definition) is 5. The summed E-state index contributed by atoms with van der Waals surface area (Å²) >= 11 is 5.95. The summed E-state index contributed by atoms with van der Waals surface area (Å²) in [5, 5.41) is 12.9. The van der Waals surface area contributed by atoms with Crippen molar-refractivity contribution in [2.75, 3.05) is 5.32 Å². The number of aromatic amines is 1. The lowest BCUT2D eigenvalue weighted by molar-refractivity contribution is 0.494. The number of anilines is 1. The highest BCUT2D eigenvalue weighted by atomic mass is 35.5. The zero-order valence-corrected chi connectivity index (χ0v) is 17.7. The smallest absolute Gasteiger partial charge is 0.181 e. The number of nitrogens with one attached hydrogen (secondary N) is 3. The van der Waals surface area contributed by atoms with Crippen LogP contribution in [-0.4, -0.2) is 15.2 Å². The maximum Gasteiger partial charge on any atom is 0.181 e. The first kappa shape index (κ1) is 23.6. The number of aromatic nitrogens is 3. The summed E-state index contributed by atoms with van der Waals surface area (Å²) in [6.45, 7) is 16.7. The second kappa shape index (κ2) is 10.9. The lowest BCUT2D eigenvalue weighted by Crippen LogP contribution is -2.11. The molecule has 0 saturated heterocycles. The Hall–Kier alpha value is -3.65. The third-order valence-electron chi connectivity index (χ3n) is 3.99. The highest BCUT2D eigenvalue weighted by Crippen LogP contribution is 2.26. The first-order valence-corrected chi connectivity index (χ1v) is 9.36. The van der Waals surface area contributed by atoms with E-state index in [9.17, 15) is 8.78 Å². The van der Waals surface area contributed by atoms with Crippen molar-refractivity contribution in [2.45, 2.75) is 13.5 Å². The predicted octanol–water partition coefficient (Wildman–Crippen LogP) is 5.84. The van der Waals surface area contributed by atoms with Crippen molar-refractivity contribution in [2.24, 2.45) is 0 Å². The quantitative estimate of drug-likeness (QED) is 0.300. The summed E-state index contributed by atoms with van der Waals surface area (Å²) in [4.78, 5) is 4.01. The summed E-state index contributed by atoms with van der Waals surface area (Å²) in [7, 11) is 0. The molecule has 0 spiro atoms. The van der Waals surface area contributed by atoms with E-state index in [0.717, 1.165) is 17.8 Å². The van der Waals surface area contributed by atoms with Crippen molar-refractivity contribution in [1.82, 2.24) is 20.5 Å². The van der Waals surface area contributed by atoms with Crippen molar-refractivity contribution in [3.63, 3.8) is 0 Å². The molecule has 0 radical (unpaired) electrons. The highest BCUT2D eigenvalue weighted by Gasteiger charge is 2.13. The standard InChI is InChI=1S/C18H16ClF2N5O.C4H6/c1-9(12-4-14(20)15(21)5-13(12)19)24-18-6-16(25-26-18)10(2)22-7-17-11(3)23-8-27-17;1-3-4-2/h4-6,8,22H,1-2,7H2,3H3,(H2,24,25,26);3-4H,1-2H2. The van der Waals surface area contributed by atoms with E-state index in [-0.39, 0.29) is 16.3 Å². The van der Waals surface area contributed by atoms with Crippen LogP contribution in [0.1, 0.15) is 22.7 Å². The van der Waals surface area contributed by atoms with Crippen LogP contribution in [0.5, 0.6) is 0 Å². The molecule has 0 unspecified atom stereocenters. The Bertz CT molecular complexity index is 1100. The van der Waals surface area contributed by atoms with Gasteiger partial charge in [0, 0.05) is 17.3 Å². The van der Waals surface area contributed by atoms with E-state index in [2.05, 4.69) is 52.1 Å². The first-order valence-electron chi connectivity index (χ1n) is 8.98. The van der Waals surface area contributed by atoms with Crippen LogP contribution >= 0.6 is 11.6 Å². The third-order valence-corrected chi connectivity index (χ3v) is 4.30. The van der Waals surface area contributed by atoms with Gasteiger partial charge in [-0.05, 0) is 19.1 Å². The molecule has 9 heteroatoms. The summed E-state index contributed by atoms with van der Waals surface area (Å²) in [5.74, 6) is -0.923. The summed E-state index contributed by atoms with van der Waals surface area (Å²) in [6, 6.07) is 3.55. The molecule has 162 valence electrons. The molecule has 0 saturated carbocycles. The van der Waals surface area contributed by atoms with Gasteiger partial charge in [-0.1, -0.05) is 50.1 Å². The fourth-order valence-electron chi connectivity index (χ4n) is 2.29. The van der Waals surface area contributed by atoms with Crippen molar-refractivity contribution < 1.29 is 13.2 Å². The van der Waals surface area contributed by atoms with Crippen LogP contribution in [0.15, 0.2) is 67.5 Å². The van der Waals surface area contributed by atoms with Gasteiger partial charge in [0.1, 0.15) is 5.76 Å². The number of rotatable bonds is 8. The van der Waals surface area contributed by atoms with Gasteiger partial charge in [0.15, 0.2) is 23.8 Å². The Balaban J connectivity index is 0.000000785. The van der Waals surface area contributed by atoms with Crippen LogP contribution in [-0.2, 0) is 6.54 Å². The molecule has 3 N–H and O–H groups in total. The van der Waals surface area contributed by atoms with E-state index in [1.165, 1.54) is 6.39 Å². The minimum absolute atomic E-state index is 0.0377. The van der Waals surface area contributed by atoms with E-state index in [4.69, 9.17) is 16.0 Å². The molecule has 2 heterocycles. The highest BCUT2D eigenvalue weighted by molar-refractivity contribution is 6.32. The van der Waals surface area contributed by atoms with Gasteiger partial charge >= 0.3 is 0 Å². The van der Waals surface area contributed by atoms with Gasteiger partial charge in [-0.2, -0.15) is 5.10 Å². The molecule has 0 amide bonds. The first-order chi connectivity index (χ1) is 14.8. The van der Waals surface area contributed by atoms with Gasteiger partial charge in [-0.15, -0.1) is 0 Å². The number of nitrogens with zero attached hydrogens (tertiary/aromatic N) is 2. The fourth-order valence-corrected chi connectivity index (χ4v) is 2.56.